The summed E-state index contributed by atoms with van der Waals surface area (Å²) < 4.78 is 13.1. The Hall–Kier alpha value is -3.90. The molecular formula is C27H25N3O3. The molecule has 6 heteroatoms. The van der Waals surface area contributed by atoms with Gasteiger partial charge in [0.2, 0.25) is 0 Å². The lowest BCUT2D eigenvalue weighted by Gasteiger charge is -2.33. The molecule has 0 aliphatic carbocycles. The van der Waals surface area contributed by atoms with Crippen LogP contribution in [0.25, 0.3) is 16.9 Å². The van der Waals surface area contributed by atoms with E-state index in [4.69, 9.17) is 14.6 Å². The van der Waals surface area contributed by atoms with Gasteiger partial charge in [0.05, 0.1) is 31.5 Å². The van der Waals surface area contributed by atoms with Crippen LogP contribution < -0.4 is 4.74 Å². The summed E-state index contributed by atoms with van der Waals surface area (Å²) in [6, 6.07) is 27.5. The maximum absolute atomic E-state index is 13.8. The highest BCUT2D eigenvalue weighted by Gasteiger charge is 2.29. The number of amides is 1. The third-order valence-corrected chi connectivity index (χ3v) is 5.83. The monoisotopic (exact) mass is 439 g/mol. The van der Waals surface area contributed by atoms with Crippen molar-refractivity contribution in [2.75, 3.05) is 26.8 Å². The number of para-hydroxylation sites is 1. The molecule has 166 valence electrons. The lowest BCUT2D eigenvalue weighted by molar-refractivity contribution is -0.0228. The fraction of sp³-hybridized carbons (Fsp3) is 0.185. The average molecular weight is 440 g/mol. The first kappa shape index (κ1) is 21.0. The van der Waals surface area contributed by atoms with E-state index in [0.29, 0.717) is 31.0 Å². The van der Waals surface area contributed by atoms with Crippen LogP contribution in [-0.2, 0) is 4.74 Å². The fourth-order valence-corrected chi connectivity index (χ4v) is 4.10. The first-order valence-electron chi connectivity index (χ1n) is 11.0. The molecular weight excluding hydrogens is 414 g/mol. The molecule has 0 saturated carbocycles. The predicted octanol–water partition coefficient (Wildman–Crippen LogP) is 4.76. The molecule has 33 heavy (non-hydrogen) atoms. The third-order valence-electron chi connectivity index (χ3n) is 5.83. The van der Waals surface area contributed by atoms with Crippen molar-refractivity contribution < 1.29 is 14.3 Å². The Morgan fingerprint density at radius 3 is 2.52 bits per heavy atom. The van der Waals surface area contributed by atoms with Gasteiger partial charge in [0.1, 0.15) is 17.5 Å². The summed E-state index contributed by atoms with van der Waals surface area (Å²) in [6.07, 6.45) is 1.67. The van der Waals surface area contributed by atoms with Gasteiger partial charge in [0.25, 0.3) is 5.91 Å². The number of carbonyl (C=O) groups excluding carboxylic acids is 1. The van der Waals surface area contributed by atoms with E-state index in [0.717, 1.165) is 22.6 Å². The van der Waals surface area contributed by atoms with E-state index < -0.39 is 0 Å². The van der Waals surface area contributed by atoms with E-state index in [9.17, 15) is 4.79 Å². The second kappa shape index (κ2) is 9.30. The van der Waals surface area contributed by atoms with Gasteiger partial charge in [-0.3, -0.25) is 4.79 Å². The molecule has 0 radical (unpaired) electrons. The highest BCUT2D eigenvalue weighted by Crippen LogP contribution is 2.29. The number of rotatable bonds is 5. The van der Waals surface area contributed by atoms with Crippen molar-refractivity contribution in [3.05, 3.63) is 102 Å². The molecule has 6 nitrogen and oxygen atoms in total. The number of aromatic nitrogens is 2. The first-order chi connectivity index (χ1) is 16.2. The highest BCUT2D eigenvalue weighted by atomic mass is 16.5. The molecule has 2 heterocycles. The zero-order valence-electron chi connectivity index (χ0n) is 18.4. The highest BCUT2D eigenvalue weighted by molar-refractivity contribution is 6.00. The number of nitrogens with zero attached hydrogens (tertiary/aromatic N) is 3. The number of methoxy groups -OCH3 is 1. The van der Waals surface area contributed by atoms with Crippen molar-refractivity contribution in [3.8, 4) is 22.7 Å². The smallest absolute Gasteiger partial charge is 0.257 e. The zero-order valence-corrected chi connectivity index (χ0v) is 18.4. The molecule has 1 atom stereocenters. The van der Waals surface area contributed by atoms with Crippen LogP contribution in [0, 0.1) is 0 Å². The van der Waals surface area contributed by atoms with E-state index in [1.54, 1.807) is 11.8 Å². The minimum atomic E-state index is -0.145. The van der Waals surface area contributed by atoms with Crippen molar-refractivity contribution in [1.29, 1.82) is 0 Å². The molecule has 1 saturated heterocycles. The summed E-state index contributed by atoms with van der Waals surface area (Å²) >= 11 is 0. The molecule has 3 aromatic carbocycles. The molecule has 0 N–H and O–H groups in total. The topological polar surface area (TPSA) is 56.6 Å². The van der Waals surface area contributed by atoms with E-state index >= 15 is 0 Å². The van der Waals surface area contributed by atoms with E-state index in [2.05, 4.69) is 0 Å². The largest absolute Gasteiger partial charge is 0.497 e. The summed E-state index contributed by atoms with van der Waals surface area (Å²) in [7, 11) is 1.63. The molecule has 1 fully saturated rings. The summed E-state index contributed by atoms with van der Waals surface area (Å²) in [5.41, 5.74) is 3.99. The molecule has 1 aliphatic heterocycles. The van der Waals surface area contributed by atoms with Gasteiger partial charge in [-0.15, -0.1) is 0 Å². The Kier molecular flexibility index (Phi) is 5.91. The van der Waals surface area contributed by atoms with Crippen LogP contribution in [0.15, 0.2) is 91.1 Å². The van der Waals surface area contributed by atoms with E-state index in [1.165, 1.54) is 0 Å². The van der Waals surface area contributed by atoms with Crippen molar-refractivity contribution in [2.24, 2.45) is 0 Å². The van der Waals surface area contributed by atoms with Crippen LogP contribution >= 0.6 is 0 Å². The van der Waals surface area contributed by atoms with Crippen molar-refractivity contribution in [2.45, 2.75) is 6.10 Å². The zero-order chi connectivity index (χ0) is 22.6. The first-order valence-corrected chi connectivity index (χ1v) is 11.0. The second-order valence-corrected chi connectivity index (χ2v) is 7.92. The van der Waals surface area contributed by atoms with Crippen LogP contribution in [0.5, 0.6) is 5.75 Å². The maximum atomic E-state index is 13.8. The summed E-state index contributed by atoms with van der Waals surface area (Å²) in [4.78, 5) is 15.6. The Morgan fingerprint density at radius 2 is 1.76 bits per heavy atom. The lowest BCUT2D eigenvalue weighted by Crippen LogP contribution is -2.42. The quantitative estimate of drug-likeness (QED) is 0.450. The van der Waals surface area contributed by atoms with E-state index in [1.807, 2.05) is 96.0 Å². The minimum Gasteiger partial charge on any atom is -0.497 e. The Morgan fingerprint density at radius 1 is 1.00 bits per heavy atom. The van der Waals surface area contributed by atoms with Gasteiger partial charge in [0.15, 0.2) is 0 Å². The predicted molar refractivity (Wildman–Crippen MR) is 127 cm³/mol. The van der Waals surface area contributed by atoms with Crippen molar-refractivity contribution >= 4 is 5.91 Å². The van der Waals surface area contributed by atoms with Crippen LogP contribution in [0.2, 0.25) is 0 Å². The molecule has 1 aromatic heterocycles. The molecule has 1 aliphatic rings. The van der Waals surface area contributed by atoms with Gasteiger partial charge in [-0.2, -0.15) is 5.10 Å². The average Bonchev–Trinajstić information content (AvgIpc) is 3.35. The number of ether oxygens (including phenoxy) is 2. The number of benzene rings is 3. The maximum Gasteiger partial charge on any atom is 0.257 e. The van der Waals surface area contributed by atoms with Crippen LogP contribution in [0.4, 0.5) is 0 Å². The fourth-order valence-electron chi connectivity index (χ4n) is 4.10. The van der Waals surface area contributed by atoms with Gasteiger partial charge in [-0.1, -0.05) is 60.7 Å². The second-order valence-electron chi connectivity index (χ2n) is 7.92. The van der Waals surface area contributed by atoms with Gasteiger partial charge in [-0.05, 0) is 29.8 Å². The molecule has 4 aromatic rings. The number of morpholine rings is 1. The van der Waals surface area contributed by atoms with Crippen molar-refractivity contribution in [3.63, 3.8) is 0 Å². The Balaban J connectivity index is 1.52. The van der Waals surface area contributed by atoms with Gasteiger partial charge in [-0.25, -0.2) is 4.68 Å². The Bertz CT molecular complexity index is 1240. The lowest BCUT2D eigenvalue weighted by atomic mass is 10.0. The number of hydrogen-bond acceptors (Lipinski definition) is 4. The third kappa shape index (κ3) is 4.38. The molecule has 0 bridgehead atoms. The summed E-state index contributed by atoms with van der Waals surface area (Å²) in [5.74, 6) is 0.662. The molecule has 1 unspecified atom stereocenters. The van der Waals surface area contributed by atoms with Gasteiger partial charge in [0, 0.05) is 18.3 Å². The molecule has 1 amide bonds. The van der Waals surface area contributed by atoms with Gasteiger partial charge >= 0.3 is 0 Å². The van der Waals surface area contributed by atoms with Crippen LogP contribution in [0.1, 0.15) is 22.0 Å². The van der Waals surface area contributed by atoms with E-state index in [-0.39, 0.29) is 12.0 Å². The Labute approximate surface area is 193 Å². The number of carbonyl (C=O) groups is 1. The van der Waals surface area contributed by atoms with Crippen LogP contribution in [-0.4, -0.2) is 47.4 Å². The number of hydrogen-bond donors (Lipinski definition) is 0. The molecule has 0 spiro atoms. The standard InChI is InChI=1S/C27H25N3O3/c1-32-23-14-8-11-21(17-23)26-24(18-30(28-26)22-12-6-3-7-13-22)27(31)29-15-16-33-25(19-29)20-9-4-2-5-10-20/h2-14,17-18,25H,15-16,19H2,1H3. The molecule has 5 rings (SSSR count). The van der Waals surface area contributed by atoms with Crippen LogP contribution in [0.3, 0.4) is 0 Å². The van der Waals surface area contributed by atoms with Crippen molar-refractivity contribution in [1.82, 2.24) is 14.7 Å². The normalized spacial score (nSPS) is 15.9. The van der Waals surface area contributed by atoms with Gasteiger partial charge < -0.3 is 14.4 Å². The summed E-state index contributed by atoms with van der Waals surface area (Å²) in [5, 5.41) is 4.80. The summed E-state index contributed by atoms with van der Waals surface area (Å²) in [6.45, 7) is 1.53. The SMILES string of the molecule is COc1cccc(-c2nn(-c3ccccc3)cc2C(=O)N2CCOC(c3ccccc3)C2)c1. The minimum absolute atomic E-state index is 0.0563.